The molecular weight excluding hydrogens is 268 g/mol. The Bertz CT molecular complexity index is 599. The van der Waals surface area contributed by atoms with Crippen molar-refractivity contribution < 1.29 is 10.0 Å². The van der Waals surface area contributed by atoms with E-state index in [9.17, 15) is 10.1 Å². The number of aryl methyl sites for hydroxylation is 1. The molecule has 2 aromatic rings. The van der Waals surface area contributed by atoms with Crippen LogP contribution in [-0.4, -0.2) is 20.0 Å². The van der Waals surface area contributed by atoms with Gasteiger partial charge in [0.1, 0.15) is 16.5 Å². The molecule has 0 fully saturated rings. The topological polar surface area (TPSA) is 101 Å². The Morgan fingerprint density at radius 3 is 2.84 bits per heavy atom. The van der Waals surface area contributed by atoms with Crippen molar-refractivity contribution in [2.24, 2.45) is 0 Å². The summed E-state index contributed by atoms with van der Waals surface area (Å²) in [6, 6.07) is 2.98. The SMILES string of the molecule is Cc1nc(NCc2nc(CO)cs2)ccc1[N+](=O)[O-]. The van der Waals surface area contributed by atoms with Crippen LogP contribution in [0.25, 0.3) is 0 Å². The van der Waals surface area contributed by atoms with Crippen LogP contribution in [0.5, 0.6) is 0 Å². The number of thiazole rings is 1. The Kier molecular flexibility index (Phi) is 4.03. The van der Waals surface area contributed by atoms with Crippen molar-refractivity contribution in [3.63, 3.8) is 0 Å². The van der Waals surface area contributed by atoms with E-state index in [2.05, 4.69) is 15.3 Å². The first-order valence-electron chi connectivity index (χ1n) is 5.50. The molecule has 2 rings (SSSR count). The Hall–Kier alpha value is -2.06. The molecule has 0 radical (unpaired) electrons. The first-order valence-corrected chi connectivity index (χ1v) is 6.38. The van der Waals surface area contributed by atoms with Gasteiger partial charge in [-0.15, -0.1) is 11.3 Å². The van der Waals surface area contributed by atoms with E-state index in [-0.39, 0.29) is 12.3 Å². The minimum atomic E-state index is -0.458. The summed E-state index contributed by atoms with van der Waals surface area (Å²) in [5, 5.41) is 25.2. The van der Waals surface area contributed by atoms with E-state index >= 15 is 0 Å². The van der Waals surface area contributed by atoms with Crippen LogP contribution in [0.4, 0.5) is 11.5 Å². The van der Waals surface area contributed by atoms with Gasteiger partial charge in [0.05, 0.1) is 23.8 Å². The van der Waals surface area contributed by atoms with Gasteiger partial charge in [-0.1, -0.05) is 0 Å². The summed E-state index contributed by atoms with van der Waals surface area (Å²) >= 11 is 1.44. The molecule has 0 saturated heterocycles. The molecule has 0 aliphatic carbocycles. The van der Waals surface area contributed by atoms with Gasteiger partial charge >= 0.3 is 0 Å². The summed E-state index contributed by atoms with van der Waals surface area (Å²) in [5.41, 5.74) is 1.00. The summed E-state index contributed by atoms with van der Waals surface area (Å²) in [6.07, 6.45) is 0. The minimum absolute atomic E-state index is 0.00219. The predicted octanol–water partition coefficient (Wildman–Crippen LogP) is 1.86. The summed E-state index contributed by atoms with van der Waals surface area (Å²) < 4.78 is 0. The molecule has 0 aromatic carbocycles. The summed E-state index contributed by atoms with van der Waals surface area (Å²) in [6.45, 7) is 1.98. The van der Waals surface area contributed by atoms with Crippen LogP contribution >= 0.6 is 11.3 Å². The molecule has 2 N–H and O–H groups in total. The van der Waals surface area contributed by atoms with Crippen LogP contribution in [0, 0.1) is 17.0 Å². The normalized spacial score (nSPS) is 10.4. The number of nitro groups is 1. The van der Waals surface area contributed by atoms with Gasteiger partial charge < -0.3 is 10.4 Å². The maximum atomic E-state index is 10.7. The maximum absolute atomic E-state index is 10.7. The van der Waals surface area contributed by atoms with Crippen LogP contribution in [0.15, 0.2) is 17.5 Å². The predicted molar refractivity (Wildman–Crippen MR) is 71.0 cm³/mol. The fraction of sp³-hybridized carbons (Fsp3) is 0.273. The van der Waals surface area contributed by atoms with Crippen LogP contribution in [0.1, 0.15) is 16.4 Å². The van der Waals surface area contributed by atoms with Crippen molar-refractivity contribution in [1.29, 1.82) is 0 Å². The number of nitrogens with zero attached hydrogens (tertiary/aromatic N) is 3. The molecule has 0 bridgehead atoms. The highest BCUT2D eigenvalue weighted by Gasteiger charge is 2.11. The third kappa shape index (κ3) is 3.24. The highest BCUT2D eigenvalue weighted by atomic mass is 32.1. The first kappa shape index (κ1) is 13.4. The quantitative estimate of drug-likeness (QED) is 0.640. The van der Waals surface area contributed by atoms with Gasteiger partial charge in [-0.3, -0.25) is 10.1 Å². The van der Waals surface area contributed by atoms with E-state index in [1.165, 1.54) is 17.4 Å². The zero-order valence-corrected chi connectivity index (χ0v) is 11.0. The second-order valence-electron chi connectivity index (χ2n) is 3.80. The van der Waals surface area contributed by atoms with Crippen molar-refractivity contribution in [2.45, 2.75) is 20.1 Å². The summed E-state index contributed by atoms with van der Waals surface area (Å²) in [7, 11) is 0. The number of anilines is 1. The lowest BCUT2D eigenvalue weighted by Gasteiger charge is -2.04. The van der Waals surface area contributed by atoms with Crippen molar-refractivity contribution in [3.8, 4) is 0 Å². The van der Waals surface area contributed by atoms with Crippen LogP contribution < -0.4 is 5.32 Å². The summed E-state index contributed by atoms with van der Waals surface area (Å²) in [5.74, 6) is 0.559. The third-order valence-corrected chi connectivity index (χ3v) is 3.33. The standard InChI is InChI=1S/C11H12N4O3S/c1-7-9(15(17)18)2-3-10(13-7)12-4-11-14-8(5-16)6-19-11/h2-3,6,16H,4-5H2,1H3,(H,12,13). The van der Waals surface area contributed by atoms with E-state index in [0.717, 1.165) is 5.01 Å². The fourth-order valence-electron chi connectivity index (χ4n) is 1.51. The molecule has 0 unspecified atom stereocenters. The molecule has 0 aliphatic heterocycles. The Morgan fingerprint density at radius 1 is 1.47 bits per heavy atom. The van der Waals surface area contributed by atoms with Crippen LogP contribution in [0.2, 0.25) is 0 Å². The maximum Gasteiger partial charge on any atom is 0.290 e. The Labute approximate surface area is 113 Å². The van der Waals surface area contributed by atoms with E-state index < -0.39 is 4.92 Å². The molecule has 0 aliphatic rings. The van der Waals surface area contributed by atoms with Crippen molar-refractivity contribution in [1.82, 2.24) is 9.97 Å². The number of pyridine rings is 1. The molecule has 0 amide bonds. The molecule has 0 saturated carbocycles. The van der Waals surface area contributed by atoms with Crippen molar-refractivity contribution in [3.05, 3.63) is 44.0 Å². The van der Waals surface area contributed by atoms with Gasteiger partial charge in [0.25, 0.3) is 5.69 Å². The fourth-order valence-corrected chi connectivity index (χ4v) is 2.24. The van der Waals surface area contributed by atoms with Gasteiger partial charge in [-0.25, -0.2) is 9.97 Å². The van der Waals surface area contributed by atoms with Gasteiger partial charge in [0, 0.05) is 11.4 Å². The lowest BCUT2D eigenvalue weighted by molar-refractivity contribution is -0.385. The highest BCUT2D eigenvalue weighted by molar-refractivity contribution is 7.09. The summed E-state index contributed by atoms with van der Waals surface area (Å²) in [4.78, 5) is 18.5. The third-order valence-electron chi connectivity index (χ3n) is 2.44. The minimum Gasteiger partial charge on any atom is -0.390 e. The smallest absolute Gasteiger partial charge is 0.290 e. The average molecular weight is 280 g/mol. The average Bonchev–Trinajstić information content (AvgIpc) is 2.84. The number of hydrogen-bond acceptors (Lipinski definition) is 7. The van der Waals surface area contributed by atoms with E-state index in [0.29, 0.717) is 23.8 Å². The number of hydrogen-bond donors (Lipinski definition) is 2. The monoisotopic (exact) mass is 280 g/mol. The Balaban J connectivity index is 2.03. The lowest BCUT2D eigenvalue weighted by atomic mass is 10.3. The van der Waals surface area contributed by atoms with Crippen molar-refractivity contribution in [2.75, 3.05) is 5.32 Å². The number of nitrogens with one attached hydrogen (secondary N) is 1. The lowest BCUT2D eigenvalue weighted by Crippen LogP contribution is -2.03. The molecule has 7 nitrogen and oxygen atoms in total. The van der Waals surface area contributed by atoms with Crippen LogP contribution in [0.3, 0.4) is 0 Å². The molecular formula is C11H12N4O3S. The molecule has 100 valence electrons. The van der Waals surface area contributed by atoms with Crippen LogP contribution in [-0.2, 0) is 13.2 Å². The number of rotatable bonds is 5. The van der Waals surface area contributed by atoms with Gasteiger partial charge in [0.2, 0.25) is 0 Å². The largest absolute Gasteiger partial charge is 0.390 e. The van der Waals surface area contributed by atoms with E-state index in [4.69, 9.17) is 5.11 Å². The van der Waals surface area contributed by atoms with Gasteiger partial charge in [-0.05, 0) is 13.0 Å². The molecule has 8 heteroatoms. The van der Waals surface area contributed by atoms with Gasteiger partial charge in [-0.2, -0.15) is 0 Å². The Morgan fingerprint density at radius 2 is 2.26 bits per heavy atom. The number of aliphatic hydroxyl groups is 1. The van der Waals surface area contributed by atoms with Gasteiger partial charge in [0.15, 0.2) is 0 Å². The highest BCUT2D eigenvalue weighted by Crippen LogP contribution is 2.18. The van der Waals surface area contributed by atoms with Crippen molar-refractivity contribution >= 4 is 22.8 Å². The van der Waals surface area contributed by atoms with E-state index in [1.807, 2.05) is 0 Å². The zero-order valence-electron chi connectivity index (χ0n) is 10.2. The van der Waals surface area contributed by atoms with E-state index in [1.54, 1.807) is 18.4 Å². The molecule has 2 aromatic heterocycles. The number of aromatic nitrogens is 2. The molecule has 19 heavy (non-hydrogen) atoms. The first-order chi connectivity index (χ1) is 9.10. The second kappa shape index (κ2) is 5.72. The molecule has 0 spiro atoms. The number of aliphatic hydroxyl groups excluding tert-OH is 1. The zero-order chi connectivity index (χ0) is 13.8. The second-order valence-corrected chi connectivity index (χ2v) is 4.75. The molecule has 0 atom stereocenters. The molecule has 2 heterocycles.